The van der Waals surface area contributed by atoms with Crippen molar-refractivity contribution in [1.82, 2.24) is 14.7 Å². The summed E-state index contributed by atoms with van der Waals surface area (Å²) in [6, 6.07) is 0. The zero-order chi connectivity index (χ0) is 15.3. The van der Waals surface area contributed by atoms with Crippen LogP contribution in [0.4, 0.5) is 0 Å². The molecular weight excluding hydrogens is 264 g/mol. The minimum absolute atomic E-state index is 0.749. The molecule has 0 spiro atoms. The summed E-state index contributed by atoms with van der Waals surface area (Å²) < 4.78 is 0. The van der Waals surface area contributed by atoms with Crippen LogP contribution in [0.25, 0.3) is 0 Å². The molecule has 0 radical (unpaired) electrons. The molecule has 1 rings (SSSR count). The minimum Gasteiger partial charge on any atom is -0.329 e. The molecule has 1 aliphatic rings. The molecule has 0 unspecified atom stereocenters. The quantitative estimate of drug-likeness (QED) is 0.580. The number of nitrogens with two attached hydrogens (primary N) is 3. The molecule has 0 amide bonds. The Hall–Kier alpha value is -0.240. The smallest absolute Gasteiger partial charge is 0.0105 e. The highest BCUT2D eigenvalue weighted by atomic mass is 15.2. The molecule has 6 nitrogen and oxygen atoms in total. The Balaban J connectivity index is 2.50. The molecule has 0 bridgehead atoms. The van der Waals surface area contributed by atoms with Crippen LogP contribution in [-0.4, -0.2) is 93.2 Å². The third-order valence-electron chi connectivity index (χ3n) is 4.18. The third-order valence-corrected chi connectivity index (χ3v) is 4.18. The van der Waals surface area contributed by atoms with Crippen molar-refractivity contribution in [1.29, 1.82) is 0 Å². The molecule has 1 saturated heterocycles. The molecular formula is C15H36N6. The van der Waals surface area contributed by atoms with Gasteiger partial charge in [-0.25, -0.2) is 0 Å². The Kier molecular flexibility index (Phi) is 11.0. The molecule has 0 aliphatic carbocycles. The summed E-state index contributed by atoms with van der Waals surface area (Å²) in [7, 11) is 0. The predicted molar refractivity (Wildman–Crippen MR) is 90.3 cm³/mol. The Morgan fingerprint density at radius 1 is 0.476 bits per heavy atom. The van der Waals surface area contributed by atoms with Crippen LogP contribution < -0.4 is 17.2 Å². The third kappa shape index (κ3) is 8.70. The normalized spacial score (nSPS) is 21.9. The topological polar surface area (TPSA) is 87.8 Å². The van der Waals surface area contributed by atoms with Crippen LogP contribution in [-0.2, 0) is 0 Å². The number of rotatable bonds is 6. The molecule has 6 N–H and O–H groups in total. The number of nitrogens with zero attached hydrogens (tertiary/aromatic N) is 3. The van der Waals surface area contributed by atoms with Crippen LogP contribution in [0.2, 0.25) is 0 Å². The molecule has 0 atom stereocenters. The standard InChI is InChI=1S/C15H36N6/c16-4-13-19-7-1-8-20(14-5-17)10-3-12-21(15-6-18)11-2-9-19/h1-18H2. The first kappa shape index (κ1) is 18.8. The molecule has 0 aromatic rings. The highest BCUT2D eigenvalue weighted by Crippen LogP contribution is 2.03. The largest absolute Gasteiger partial charge is 0.329 e. The lowest BCUT2D eigenvalue weighted by Crippen LogP contribution is -2.40. The molecule has 0 aromatic heterocycles. The van der Waals surface area contributed by atoms with Gasteiger partial charge in [-0.1, -0.05) is 0 Å². The van der Waals surface area contributed by atoms with Crippen LogP contribution in [0.5, 0.6) is 0 Å². The van der Waals surface area contributed by atoms with E-state index in [4.69, 9.17) is 17.2 Å². The second-order valence-corrected chi connectivity index (χ2v) is 5.95. The zero-order valence-electron chi connectivity index (χ0n) is 13.7. The van der Waals surface area contributed by atoms with Crippen molar-refractivity contribution in [2.45, 2.75) is 19.3 Å². The van der Waals surface area contributed by atoms with Crippen molar-refractivity contribution >= 4 is 0 Å². The fourth-order valence-electron chi connectivity index (χ4n) is 3.11. The van der Waals surface area contributed by atoms with Gasteiger partial charge in [0, 0.05) is 39.3 Å². The van der Waals surface area contributed by atoms with E-state index in [9.17, 15) is 0 Å². The van der Waals surface area contributed by atoms with Gasteiger partial charge < -0.3 is 31.9 Å². The fourth-order valence-corrected chi connectivity index (χ4v) is 3.11. The van der Waals surface area contributed by atoms with Crippen LogP contribution in [0.3, 0.4) is 0 Å². The minimum atomic E-state index is 0.749. The lowest BCUT2D eigenvalue weighted by molar-refractivity contribution is 0.187. The van der Waals surface area contributed by atoms with Gasteiger partial charge in [0.15, 0.2) is 0 Å². The van der Waals surface area contributed by atoms with Gasteiger partial charge in [0.05, 0.1) is 0 Å². The van der Waals surface area contributed by atoms with Crippen molar-refractivity contribution < 1.29 is 0 Å². The fraction of sp³-hybridized carbons (Fsp3) is 1.00. The van der Waals surface area contributed by atoms with Gasteiger partial charge in [-0.2, -0.15) is 0 Å². The van der Waals surface area contributed by atoms with Crippen molar-refractivity contribution in [2.24, 2.45) is 17.2 Å². The van der Waals surface area contributed by atoms with E-state index in [2.05, 4.69) is 14.7 Å². The summed E-state index contributed by atoms with van der Waals surface area (Å²) in [5.41, 5.74) is 17.2. The van der Waals surface area contributed by atoms with E-state index in [0.29, 0.717) is 0 Å². The van der Waals surface area contributed by atoms with Gasteiger partial charge in [0.2, 0.25) is 0 Å². The van der Waals surface area contributed by atoms with Gasteiger partial charge in [-0.15, -0.1) is 0 Å². The van der Waals surface area contributed by atoms with E-state index in [-0.39, 0.29) is 0 Å². The molecule has 1 aliphatic heterocycles. The first-order chi connectivity index (χ1) is 10.3. The Bertz CT molecular complexity index is 188. The van der Waals surface area contributed by atoms with E-state index in [1.165, 1.54) is 19.3 Å². The van der Waals surface area contributed by atoms with Gasteiger partial charge in [0.1, 0.15) is 0 Å². The second-order valence-electron chi connectivity index (χ2n) is 5.95. The summed E-state index contributed by atoms with van der Waals surface area (Å²) in [6.07, 6.45) is 3.64. The van der Waals surface area contributed by atoms with Gasteiger partial charge in [0.25, 0.3) is 0 Å². The van der Waals surface area contributed by atoms with Gasteiger partial charge in [-0.3, -0.25) is 0 Å². The van der Waals surface area contributed by atoms with Crippen LogP contribution in [0.15, 0.2) is 0 Å². The second kappa shape index (κ2) is 12.3. The molecule has 6 heteroatoms. The van der Waals surface area contributed by atoms with Crippen molar-refractivity contribution in [3.8, 4) is 0 Å². The first-order valence-corrected chi connectivity index (χ1v) is 8.57. The summed E-state index contributed by atoms with van der Waals surface area (Å²) in [6.45, 7) is 12.2. The highest BCUT2D eigenvalue weighted by Gasteiger charge is 2.11. The van der Waals surface area contributed by atoms with Crippen LogP contribution in [0.1, 0.15) is 19.3 Å². The number of hydrogen-bond donors (Lipinski definition) is 3. The van der Waals surface area contributed by atoms with Gasteiger partial charge >= 0.3 is 0 Å². The van der Waals surface area contributed by atoms with Crippen molar-refractivity contribution in [3.05, 3.63) is 0 Å². The summed E-state index contributed by atoms with van der Waals surface area (Å²) in [5, 5.41) is 0. The van der Waals surface area contributed by atoms with Gasteiger partial charge in [-0.05, 0) is 58.5 Å². The van der Waals surface area contributed by atoms with E-state index in [1.807, 2.05) is 0 Å². The lowest BCUT2D eigenvalue weighted by Gasteiger charge is -2.29. The Morgan fingerprint density at radius 2 is 0.714 bits per heavy atom. The van der Waals surface area contributed by atoms with E-state index in [1.54, 1.807) is 0 Å². The Morgan fingerprint density at radius 3 is 0.905 bits per heavy atom. The number of hydrogen-bond acceptors (Lipinski definition) is 6. The van der Waals surface area contributed by atoms with Crippen LogP contribution in [0, 0.1) is 0 Å². The van der Waals surface area contributed by atoms with E-state index < -0.39 is 0 Å². The van der Waals surface area contributed by atoms with Crippen LogP contribution >= 0.6 is 0 Å². The molecule has 21 heavy (non-hydrogen) atoms. The summed E-state index contributed by atoms with van der Waals surface area (Å²) >= 11 is 0. The Labute approximate surface area is 130 Å². The van der Waals surface area contributed by atoms with Crippen molar-refractivity contribution in [3.63, 3.8) is 0 Å². The average Bonchev–Trinajstić information content (AvgIpc) is 2.45. The molecule has 0 saturated carbocycles. The van der Waals surface area contributed by atoms with E-state index in [0.717, 1.165) is 78.5 Å². The maximum absolute atomic E-state index is 5.73. The molecule has 0 aromatic carbocycles. The summed E-state index contributed by atoms with van der Waals surface area (Å²) in [5.74, 6) is 0. The lowest BCUT2D eigenvalue weighted by atomic mass is 10.2. The molecule has 126 valence electrons. The SMILES string of the molecule is NCCN1CCCN(CCN)CCCN(CCN)CCC1. The van der Waals surface area contributed by atoms with Crippen molar-refractivity contribution in [2.75, 3.05) is 78.5 Å². The highest BCUT2D eigenvalue weighted by molar-refractivity contribution is 4.68. The maximum atomic E-state index is 5.73. The summed E-state index contributed by atoms with van der Waals surface area (Å²) in [4.78, 5) is 7.51. The molecule has 1 fully saturated rings. The maximum Gasteiger partial charge on any atom is 0.0105 e. The first-order valence-electron chi connectivity index (χ1n) is 8.57. The molecule has 1 heterocycles. The van der Waals surface area contributed by atoms with E-state index >= 15 is 0 Å². The predicted octanol–water partition coefficient (Wildman–Crippen LogP) is -1.05. The monoisotopic (exact) mass is 300 g/mol. The zero-order valence-corrected chi connectivity index (χ0v) is 13.7. The average molecular weight is 300 g/mol.